The van der Waals surface area contributed by atoms with Crippen LogP contribution in [0.15, 0.2) is 18.2 Å². The number of benzene rings is 1. The number of amides is 1. The van der Waals surface area contributed by atoms with Crippen LogP contribution in [0, 0.1) is 17.2 Å². The largest absolute Gasteiger partial charge is 0.492 e. The first kappa shape index (κ1) is 20.3. The van der Waals surface area contributed by atoms with Crippen molar-refractivity contribution >= 4 is 11.6 Å². The number of anilines is 1. The van der Waals surface area contributed by atoms with Gasteiger partial charge in [0.25, 0.3) is 5.91 Å². The second-order valence-electron chi connectivity index (χ2n) is 7.17. The molecule has 2 unspecified atom stereocenters. The summed E-state index contributed by atoms with van der Waals surface area (Å²) in [5, 5.41) is 12.3. The highest BCUT2D eigenvalue weighted by atomic mass is 16.5. The van der Waals surface area contributed by atoms with Crippen LogP contribution in [0.1, 0.15) is 64.9 Å². The first-order chi connectivity index (χ1) is 12.5. The van der Waals surface area contributed by atoms with Crippen LogP contribution in [-0.4, -0.2) is 24.7 Å². The fourth-order valence-corrected chi connectivity index (χ4v) is 3.48. The Hall–Kier alpha value is -2.06. The molecular weight excluding hydrogens is 328 g/mol. The number of hydrogen-bond acceptors (Lipinski definition) is 4. The number of nitrogens with one attached hydrogen (secondary N) is 1. The summed E-state index contributed by atoms with van der Waals surface area (Å²) in [5.74, 6) is 0.907. The Bertz CT molecular complexity index is 653. The number of carbonyl (C=O) groups is 1. The molecule has 0 aliphatic heterocycles. The van der Waals surface area contributed by atoms with Gasteiger partial charge in [0.1, 0.15) is 17.4 Å². The van der Waals surface area contributed by atoms with Gasteiger partial charge in [-0.2, -0.15) is 5.26 Å². The Morgan fingerprint density at radius 1 is 1.35 bits per heavy atom. The van der Waals surface area contributed by atoms with Crippen LogP contribution in [0.2, 0.25) is 0 Å². The SMILES string of the molecule is CCCOc1ccc(NC(=O)C2(OCCC)CCCC(C)C2)cc1C#N. The minimum atomic E-state index is -0.766. The van der Waals surface area contributed by atoms with Gasteiger partial charge < -0.3 is 14.8 Å². The average Bonchev–Trinajstić information content (AvgIpc) is 2.65. The Labute approximate surface area is 156 Å². The van der Waals surface area contributed by atoms with E-state index >= 15 is 0 Å². The number of rotatable bonds is 8. The summed E-state index contributed by atoms with van der Waals surface area (Å²) in [6.07, 6.45) is 5.36. The fraction of sp³-hybridized carbons (Fsp3) is 0.619. The van der Waals surface area contributed by atoms with Crippen LogP contribution in [0.25, 0.3) is 0 Å². The summed E-state index contributed by atoms with van der Waals surface area (Å²) in [5.41, 5.74) is 0.266. The molecule has 0 heterocycles. The Kier molecular flexibility index (Phi) is 7.47. The van der Waals surface area contributed by atoms with E-state index in [0.717, 1.165) is 38.5 Å². The summed E-state index contributed by atoms with van der Waals surface area (Å²) in [4.78, 5) is 13.0. The monoisotopic (exact) mass is 358 g/mol. The van der Waals surface area contributed by atoms with E-state index < -0.39 is 5.60 Å². The summed E-state index contributed by atoms with van der Waals surface area (Å²) in [7, 11) is 0. The molecule has 0 spiro atoms. The van der Waals surface area contributed by atoms with E-state index in [4.69, 9.17) is 9.47 Å². The van der Waals surface area contributed by atoms with Crippen LogP contribution in [0.3, 0.4) is 0 Å². The lowest BCUT2D eigenvalue weighted by molar-refractivity contribution is -0.148. The molecule has 2 atom stereocenters. The molecule has 1 saturated carbocycles. The molecule has 1 fully saturated rings. The first-order valence-corrected chi connectivity index (χ1v) is 9.67. The molecule has 2 rings (SSSR count). The van der Waals surface area contributed by atoms with Crippen molar-refractivity contribution in [3.8, 4) is 11.8 Å². The molecule has 1 aromatic rings. The van der Waals surface area contributed by atoms with Gasteiger partial charge in [-0.25, -0.2) is 0 Å². The van der Waals surface area contributed by atoms with E-state index in [0.29, 0.717) is 36.1 Å². The summed E-state index contributed by atoms with van der Waals surface area (Å²) in [6, 6.07) is 7.33. The Balaban J connectivity index is 2.16. The highest BCUT2D eigenvalue weighted by Gasteiger charge is 2.42. The quantitative estimate of drug-likeness (QED) is 0.733. The van der Waals surface area contributed by atoms with Crippen molar-refractivity contribution in [1.29, 1.82) is 5.26 Å². The summed E-state index contributed by atoms with van der Waals surface area (Å²) < 4.78 is 11.6. The molecule has 0 aromatic heterocycles. The smallest absolute Gasteiger partial charge is 0.256 e. The molecule has 26 heavy (non-hydrogen) atoms. The van der Waals surface area contributed by atoms with Crippen molar-refractivity contribution in [3.63, 3.8) is 0 Å². The maximum atomic E-state index is 13.0. The van der Waals surface area contributed by atoms with Crippen molar-refractivity contribution in [2.24, 2.45) is 5.92 Å². The second-order valence-corrected chi connectivity index (χ2v) is 7.17. The van der Waals surface area contributed by atoms with E-state index in [1.54, 1.807) is 18.2 Å². The zero-order valence-corrected chi connectivity index (χ0v) is 16.1. The molecule has 1 aromatic carbocycles. The molecule has 1 amide bonds. The zero-order valence-electron chi connectivity index (χ0n) is 16.1. The van der Waals surface area contributed by atoms with Crippen molar-refractivity contribution in [2.75, 3.05) is 18.5 Å². The van der Waals surface area contributed by atoms with Gasteiger partial charge in [-0.3, -0.25) is 4.79 Å². The van der Waals surface area contributed by atoms with Gasteiger partial charge in [0.2, 0.25) is 0 Å². The average molecular weight is 358 g/mol. The van der Waals surface area contributed by atoms with Gasteiger partial charge in [-0.05, 0) is 56.2 Å². The van der Waals surface area contributed by atoms with Crippen molar-refractivity contribution in [2.45, 2.75) is 64.9 Å². The summed E-state index contributed by atoms with van der Waals surface area (Å²) in [6.45, 7) is 7.37. The molecule has 0 saturated heterocycles. The number of hydrogen-bond donors (Lipinski definition) is 1. The Morgan fingerprint density at radius 2 is 2.12 bits per heavy atom. The number of ether oxygens (including phenoxy) is 2. The standard InChI is InChI=1S/C21H30N2O3/c1-4-11-25-19-9-8-18(13-17(19)15-22)23-20(24)21(26-12-5-2)10-6-7-16(3)14-21/h8-9,13,16H,4-7,10-12,14H2,1-3H3,(H,23,24). The maximum absolute atomic E-state index is 13.0. The lowest BCUT2D eigenvalue weighted by Gasteiger charge is -2.38. The Morgan fingerprint density at radius 3 is 2.77 bits per heavy atom. The normalized spacial score (nSPS) is 22.5. The van der Waals surface area contributed by atoms with E-state index in [2.05, 4.69) is 18.3 Å². The number of carbonyl (C=O) groups excluding carboxylic acids is 1. The van der Waals surface area contributed by atoms with E-state index in [-0.39, 0.29) is 5.91 Å². The minimum absolute atomic E-state index is 0.108. The van der Waals surface area contributed by atoms with Crippen LogP contribution < -0.4 is 10.1 Å². The highest BCUT2D eigenvalue weighted by Crippen LogP contribution is 2.36. The lowest BCUT2D eigenvalue weighted by Crippen LogP contribution is -2.48. The molecule has 5 nitrogen and oxygen atoms in total. The number of nitriles is 1. The number of nitrogens with zero attached hydrogens (tertiary/aromatic N) is 1. The third kappa shape index (κ3) is 4.98. The summed E-state index contributed by atoms with van der Waals surface area (Å²) >= 11 is 0. The van der Waals surface area contributed by atoms with Gasteiger partial charge in [0, 0.05) is 12.3 Å². The van der Waals surface area contributed by atoms with Crippen LogP contribution in [0.4, 0.5) is 5.69 Å². The zero-order chi connectivity index (χ0) is 19.0. The maximum Gasteiger partial charge on any atom is 0.256 e. The van der Waals surface area contributed by atoms with Crippen LogP contribution in [0.5, 0.6) is 5.75 Å². The molecular formula is C21H30N2O3. The van der Waals surface area contributed by atoms with E-state index in [1.165, 1.54) is 0 Å². The van der Waals surface area contributed by atoms with Crippen LogP contribution >= 0.6 is 0 Å². The van der Waals surface area contributed by atoms with Gasteiger partial charge >= 0.3 is 0 Å². The predicted octanol–water partition coefficient (Wildman–Crippen LogP) is 4.66. The highest BCUT2D eigenvalue weighted by molar-refractivity contribution is 5.97. The molecule has 1 N–H and O–H groups in total. The van der Waals surface area contributed by atoms with Crippen molar-refractivity contribution in [1.82, 2.24) is 0 Å². The van der Waals surface area contributed by atoms with Gasteiger partial charge in [-0.1, -0.05) is 27.2 Å². The molecule has 5 heteroatoms. The molecule has 1 aliphatic rings. The fourth-order valence-electron chi connectivity index (χ4n) is 3.48. The molecule has 0 bridgehead atoms. The topological polar surface area (TPSA) is 71.3 Å². The second kappa shape index (κ2) is 9.59. The van der Waals surface area contributed by atoms with Crippen molar-refractivity contribution in [3.05, 3.63) is 23.8 Å². The third-order valence-corrected chi connectivity index (χ3v) is 4.77. The van der Waals surface area contributed by atoms with Gasteiger partial charge in [-0.15, -0.1) is 0 Å². The molecule has 1 aliphatic carbocycles. The van der Waals surface area contributed by atoms with Gasteiger partial charge in [0.05, 0.1) is 12.2 Å². The van der Waals surface area contributed by atoms with Gasteiger partial charge in [0.15, 0.2) is 0 Å². The van der Waals surface area contributed by atoms with Crippen LogP contribution in [-0.2, 0) is 9.53 Å². The van der Waals surface area contributed by atoms with E-state index in [9.17, 15) is 10.1 Å². The third-order valence-electron chi connectivity index (χ3n) is 4.77. The van der Waals surface area contributed by atoms with E-state index in [1.807, 2.05) is 13.8 Å². The predicted molar refractivity (Wildman–Crippen MR) is 102 cm³/mol. The molecule has 142 valence electrons. The lowest BCUT2D eigenvalue weighted by atomic mass is 9.78. The minimum Gasteiger partial charge on any atom is -0.492 e. The first-order valence-electron chi connectivity index (χ1n) is 9.67. The van der Waals surface area contributed by atoms with Crippen molar-refractivity contribution < 1.29 is 14.3 Å². The molecule has 0 radical (unpaired) electrons.